The van der Waals surface area contributed by atoms with E-state index in [1.54, 1.807) is 13.0 Å². The number of amides is 4. The molecule has 1 aliphatic carbocycles. The van der Waals surface area contributed by atoms with E-state index >= 15 is 0 Å². The van der Waals surface area contributed by atoms with Crippen LogP contribution in [0.3, 0.4) is 0 Å². The molecule has 1 aliphatic heterocycles. The van der Waals surface area contributed by atoms with Crippen molar-refractivity contribution in [1.82, 2.24) is 25.7 Å². The molecule has 4 heterocycles. The Bertz CT molecular complexity index is 1200. The Kier molecular flexibility index (Phi) is 5.16. The van der Waals surface area contributed by atoms with E-state index < -0.39 is 5.54 Å². The normalized spacial score (nSPS) is 17.5. The van der Waals surface area contributed by atoms with Gasteiger partial charge in [-0.2, -0.15) is 0 Å². The number of aromatic nitrogens is 2. The van der Waals surface area contributed by atoms with Crippen LogP contribution in [0.1, 0.15) is 48.2 Å². The molecule has 10 heteroatoms. The highest BCUT2D eigenvalue weighted by atomic mass is 32.1. The molecule has 4 amide bonds. The van der Waals surface area contributed by atoms with Crippen LogP contribution in [0.2, 0.25) is 0 Å². The third-order valence-electron chi connectivity index (χ3n) is 6.18. The molecule has 1 spiro atoms. The second-order valence-electron chi connectivity index (χ2n) is 8.27. The van der Waals surface area contributed by atoms with Crippen molar-refractivity contribution in [3.8, 4) is 10.6 Å². The molecule has 0 unspecified atom stereocenters. The standard InChI is InChI=1S/C22H23N5O4S/c1-13-17-14(12-15(16-6-4-11-32-16)24-19(17)31-26-13)18(28)23-9-5-10-27-20(29)22(25-21(27)30)7-2-3-8-22/h4,6,11-12H,2-3,5,7-10H2,1H3,(H,23,28)(H,25,30). The number of nitrogens with one attached hydrogen (secondary N) is 2. The van der Waals surface area contributed by atoms with Crippen LogP contribution in [0.5, 0.6) is 0 Å². The summed E-state index contributed by atoms with van der Waals surface area (Å²) in [6.07, 6.45) is 3.77. The molecule has 0 bridgehead atoms. The SMILES string of the molecule is Cc1noc2nc(-c3cccs3)cc(C(=O)NCCCN3C(=O)NC4(CCCC4)C3=O)c12. The van der Waals surface area contributed by atoms with Gasteiger partial charge in [-0.1, -0.05) is 24.1 Å². The fraction of sp³-hybridized carbons (Fsp3) is 0.409. The number of aryl methyl sites for hydroxylation is 1. The van der Waals surface area contributed by atoms with Gasteiger partial charge in [0.15, 0.2) is 0 Å². The van der Waals surface area contributed by atoms with Crippen molar-refractivity contribution in [2.45, 2.75) is 44.6 Å². The molecular formula is C22H23N5O4S. The van der Waals surface area contributed by atoms with Crippen molar-refractivity contribution in [1.29, 1.82) is 0 Å². The third kappa shape index (κ3) is 3.44. The lowest BCUT2D eigenvalue weighted by atomic mass is 9.98. The smallest absolute Gasteiger partial charge is 0.325 e. The topological polar surface area (TPSA) is 117 Å². The van der Waals surface area contributed by atoms with Gasteiger partial charge in [0.2, 0.25) is 0 Å². The van der Waals surface area contributed by atoms with Crippen LogP contribution in [0.4, 0.5) is 4.79 Å². The Morgan fingerprint density at radius 2 is 2.16 bits per heavy atom. The zero-order chi connectivity index (χ0) is 22.3. The summed E-state index contributed by atoms with van der Waals surface area (Å²) < 4.78 is 5.32. The molecule has 2 aliphatic rings. The predicted molar refractivity (Wildman–Crippen MR) is 118 cm³/mol. The minimum absolute atomic E-state index is 0.136. The lowest BCUT2D eigenvalue weighted by Gasteiger charge is -2.20. The second kappa shape index (κ2) is 8.01. The van der Waals surface area contributed by atoms with E-state index in [9.17, 15) is 14.4 Å². The Morgan fingerprint density at radius 1 is 1.34 bits per heavy atom. The largest absolute Gasteiger partial charge is 0.352 e. The van der Waals surface area contributed by atoms with Gasteiger partial charge in [-0.3, -0.25) is 14.5 Å². The maximum atomic E-state index is 13.0. The summed E-state index contributed by atoms with van der Waals surface area (Å²) in [6.45, 7) is 2.36. The summed E-state index contributed by atoms with van der Waals surface area (Å²) in [7, 11) is 0. The van der Waals surface area contributed by atoms with Crippen molar-refractivity contribution in [2.75, 3.05) is 13.1 Å². The highest BCUT2D eigenvalue weighted by Gasteiger charge is 2.51. The van der Waals surface area contributed by atoms with Gasteiger partial charge in [0, 0.05) is 13.1 Å². The molecule has 0 atom stereocenters. The van der Waals surface area contributed by atoms with E-state index in [1.807, 2.05) is 17.5 Å². The quantitative estimate of drug-likeness (QED) is 0.437. The molecule has 0 aromatic carbocycles. The monoisotopic (exact) mass is 453 g/mol. The Morgan fingerprint density at radius 3 is 2.91 bits per heavy atom. The van der Waals surface area contributed by atoms with E-state index in [2.05, 4.69) is 20.8 Å². The molecule has 32 heavy (non-hydrogen) atoms. The number of nitrogens with zero attached hydrogens (tertiary/aromatic N) is 3. The summed E-state index contributed by atoms with van der Waals surface area (Å²) in [5, 5.41) is 12.3. The highest BCUT2D eigenvalue weighted by Crippen LogP contribution is 2.35. The minimum atomic E-state index is -0.701. The maximum absolute atomic E-state index is 13.0. The number of hydrogen-bond acceptors (Lipinski definition) is 7. The zero-order valence-corrected chi connectivity index (χ0v) is 18.5. The number of pyridine rings is 1. The predicted octanol–water partition coefficient (Wildman–Crippen LogP) is 3.24. The first-order chi connectivity index (χ1) is 15.5. The van der Waals surface area contributed by atoms with Crippen LogP contribution in [-0.2, 0) is 4.79 Å². The van der Waals surface area contributed by atoms with Crippen LogP contribution < -0.4 is 10.6 Å². The van der Waals surface area contributed by atoms with Gasteiger partial charge in [0.25, 0.3) is 17.5 Å². The van der Waals surface area contributed by atoms with Crippen molar-refractivity contribution >= 4 is 40.3 Å². The van der Waals surface area contributed by atoms with Gasteiger partial charge >= 0.3 is 6.03 Å². The lowest BCUT2D eigenvalue weighted by Crippen LogP contribution is -2.44. The minimum Gasteiger partial charge on any atom is -0.352 e. The number of urea groups is 1. The summed E-state index contributed by atoms with van der Waals surface area (Å²) in [5.41, 5.74) is 1.30. The summed E-state index contributed by atoms with van der Waals surface area (Å²) in [4.78, 5) is 44.7. The van der Waals surface area contributed by atoms with Gasteiger partial charge in [0.1, 0.15) is 5.54 Å². The molecule has 5 rings (SSSR count). The second-order valence-corrected chi connectivity index (χ2v) is 9.21. The molecule has 1 saturated heterocycles. The average molecular weight is 454 g/mol. The number of carbonyl (C=O) groups excluding carboxylic acids is 3. The average Bonchev–Trinajstić information content (AvgIpc) is 3.57. The molecular weight excluding hydrogens is 430 g/mol. The van der Waals surface area contributed by atoms with E-state index in [0.717, 1.165) is 17.7 Å². The number of rotatable bonds is 6. The van der Waals surface area contributed by atoms with Crippen LogP contribution in [0.25, 0.3) is 21.7 Å². The fourth-order valence-corrected chi connectivity index (χ4v) is 5.24. The molecule has 2 N–H and O–H groups in total. The van der Waals surface area contributed by atoms with Gasteiger partial charge in [-0.25, -0.2) is 9.78 Å². The lowest BCUT2D eigenvalue weighted by molar-refractivity contribution is -0.131. The first-order valence-corrected chi connectivity index (χ1v) is 11.6. The van der Waals surface area contributed by atoms with E-state index in [1.165, 1.54) is 16.2 Å². The third-order valence-corrected chi connectivity index (χ3v) is 7.07. The summed E-state index contributed by atoms with van der Waals surface area (Å²) >= 11 is 1.52. The maximum Gasteiger partial charge on any atom is 0.325 e. The number of imide groups is 1. The first kappa shape index (κ1) is 20.6. The van der Waals surface area contributed by atoms with Gasteiger partial charge < -0.3 is 15.2 Å². The van der Waals surface area contributed by atoms with Crippen molar-refractivity contribution < 1.29 is 18.9 Å². The van der Waals surface area contributed by atoms with Crippen LogP contribution in [0, 0.1) is 6.92 Å². The van der Waals surface area contributed by atoms with E-state index in [0.29, 0.717) is 53.9 Å². The van der Waals surface area contributed by atoms with Gasteiger partial charge in [-0.05, 0) is 43.7 Å². The fourth-order valence-electron chi connectivity index (χ4n) is 4.56. The van der Waals surface area contributed by atoms with Crippen LogP contribution in [-0.4, -0.2) is 51.5 Å². The van der Waals surface area contributed by atoms with Crippen molar-refractivity contribution in [3.63, 3.8) is 0 Å². The summed E-state index contributed by atoms with van der Waals surface area (Å²) in [6, 6.07) is 5.26. The molecule has 9 nitrogen and oxygen atoms in total. The molecule has 3 aromatic heterocycles. The Hall–Kier alpha value is -3.27. The molecule has 2 fully saturated rings. The molecule has 0 radical (unpaired) electrons. The van der Waals surface area contributed by atoms with Crippen LogP contribution in [0.15, 0.2) is 28.1 Å². The first-order valence-electron chi connectivity index (χ1n) is 10.7. The molecule has 1 saturated carbocycles. The molecule has 166 valence electrons. The molecule has 3 aromatic rings. The van der Waals surface area contributed by atoms with E-state index in [-0.39, 0.29) is 24.4 Å². The van der Waals surface area contributed by atoms with Crippen molar-refractivity contribution in [2.24, 2.45) is 0 Å². The Balaban J connectivity index is 1.26. The Labute approximate surface area is 188 Å². The highest BCUT2D eigenvalue weighted by molar-refractivity contribution is 7.13. The number of hydrogen-bond donors (Lipinski definition) is 2. The number of thiophene rings is 1. The summed E-state index contributed by atoms with van der Waals surface area (Å²) in [5.74, 6) is -0.408. The zero-order valence-electron chi connectivity index (χ0n) is 17.6. The number of fused-ring (bicyclic) bond motifs is 1. The van der Waals surface area contributed by atoms with Gasteiger partial charge in [-0.15, -0.1) is 11.3 Å². The number of carbonyl (C=O) groups is 3. The van der Waals surface area contributed by atoms with Crippen LogP contribution >= 0.6 is 11.3 Å². The van der Waals surface area contributed by atoms with Crippen molar-refractivity contribution in [3.05, 3.63) is 34.8 Å². The van der Waals surface area contributed by atoms with Gasteiger partial charge in [0.05, 0.1) is 27.2 Å². The van der Waals surface area contributed by atoms with E-state index in [4.69, 9.17) is 4.52 Å².